The minimum Gasteiger partial charge on any atom is -0.480 e. The molecule has 0 aliphatic carbocycles. The first-order chi connectivity index (χ1) is 11.2. The lowest BCUT2D eigenvalue weighted by Crippen LogP contribution is -2.41. The minimum atomic E-state index is -4.10. The lowest BCUT2D eigenvalue weighted by Gasteiger charge is -2.14. The fourth-order valence-electron chi connectivity index (χ4n) is 1.98. The predicted octanol–water partition coefficient (Wildman–Crippen LogP) is -0.299. The SMILES string of the molecule is CSCC[C@@H](NS(=O)(=O)c1ccc2[nH]c(=O)c(=O)[nH]c2c1)C(=O)O. The smallest absolute Gasteiger partial charge is 0.321 e. The number of benzene rings is 1. The highest BCUT2D eigenvalue weighted by atomic mass is 32.2. The van der Waals surface area contributed by atoms with Crippen molar-refractivity contribution in [1.29, 1.82) is 0 Å². The summed E-state index contributed by atoms with van der Waals surface area (Å²) < 4.78 is 26.9. The van der Waals surface area contributed by atoms with Gasteiger partial charge in [-0.25, -0.2) is 8.42 Å². The van der Waals surface area contributed by atoms with Crippen LogP contribution in [0.25, 0.3) is 11.0 Å². The van der Waals surface area contributed by atoms with Crippen molar-refractivity contribution in [3.8, 4) is 0 Å². The molecule has 0 saturated carbocycles. The molecule has 11 heteroatoms. The molecule has 0 saturated heterocycles. The number of aromatic amines is 2. The number of rotatable bonds is 7. The summed E-state index contributed by atoms with van der Waals surface area (Å²) in [5, 5.41) is 9.13. The normalized spacial score (nSPS) is 13.0. The number of fused-ring (bicyclic) bond motifs is 1. The highest BCUT2D eigenvalue weighted by Crippen LogP contribution is 2.15. The van der Waals surface area contributed by atoms with Crippen molar-refractivity contribution >= 4 is 38.8 Å². The maximum absolute atomic E-state index is 12.4. The minimum absolute atomic E-state index is 0.124. The summed E-state index contributed by atoms with van der Waals surface area (Å²) in [7, 11) is -4.10. The van der Waals surface area contributed by atoms with Crippen LogP contribution in [0.2, 0.25) is 0 Å². The van der Waals surface area contributed by atoms with Crippen LogP contribution in [0, 0.1) is 0 Å². The first kappa shape index (κ1) is 18.2. The standard InChI is InChI=1S/C13H15N3O6S2/c1-23-5-4-9(13(19)20)16-24(21,22)7-2-3-8-10(6-7)15-12(18)11(17)14-8/h2-3,6,9,16H,4-5H2,1H3,(H,14,17)(H,15,18)(H,19,20)/t9-/m1/s1. The van der Waals surface area contributed by atoms with Crippen LogP contribution in [0.15, 0.2) is 32.7 Å². The number of carboxylic acids is 1. The van der Waals surface area contributed by atoms with Crippen molar-refractivity contribution in [2.24, 2.45) is 0 Å². The van der Waals surface area contributed by atoms with Gasteiger partial charge in [0.25, 0.3) is 0 Å². The summed E-state index contributed by atoms with van der Waals surface area (Å²) in [6.07, 6.45) is 1.92. The lowest BCUT2D eigenvalue weighted by molar-refractivity contribution is -0.139. The molecule has 0 unspecified atom stereocenters. The number of aromatic nitrogens is 2. The molecular weight excluding hydrogens is 358 g/mol. The van der Waals surface area contributed by atoms with Crippen molar-refractivity contribution in [2.45, 2.75) is 17.4 Å². The Morgan fingerprint density at radius 1 is 1.25 bits per heavy atom. The van der Waals surface area contributed by atoms with Crippen LogP contribution in [0.5, 0.6) is 0 Å². The van der Waals surface area contributed by atoms with Crippen LogP contribution in [-0.4, -0.2) is 47.5 Å². The molecule has 9 nitrogen and oxygen atoms in total. The van der Waals surface area contributed by atoms with E-state index >= 15 is 0 Å². The molecule has 4 N–H and O–H groups in total. The number of sulfonamides is 1. The molecule has 1 aromatic carbocycles. The molecule has 0 fully saturated rings. The zero-order valence-corrected chi connectivity index (χ0v) is 14.2. The van der Waals surface area contributed by atoms with E-state index in [1.807, 2.05) is 0 Å². The monoisotopic (exact) mass is 373 g/mol. The van der Waals surface area contributed by atoms with Gasteiger partial charge >= 0.3 is 17.1 Å². The molecule has 2 aromatic rings. The molecule has 0 aliphatic rings. The number of carbonyl (C=O) groups is 1. The van der Waals surface area contributed by atoms with Gasteiger partial charge in [0, 0.05) is 0 Å². The van der Waals surface area contributed by atoms with Gasteiger partial charge in [0.1, 0.15) is 6.04 Å². The number of aliphatic carboxylic acids is 1. The van der Waals surface area contributed by atoms with E-state index < -0.39 is 33.2 Å². The second kappa shape index (κ2) is 7.20. The van der Waals surface area contributed by atoms with E-state index in [1.54, 1.807) is 6.26 Å². The maximum atomic E-state index is 12.4. The van der Waals surface area contributed by atoms with E-state index in [9.17, 15) is 22.8 Å². The Bertz CT molecular complexity index is 979. The topological polar surface area (TPSA) is 149 Å². The average Bonchev–Trinajstić information content (AvgIpc) is 2.51. The largest absolute Gasteiger partial charge is 0.480 e. The molecule has 24 heavy (non-hydrogen) atoms. The Hall–Kier alpha value is -2.11. The van der Waals surface area contributed by atoms with Crippen LogP contribution in [0.3, 0.4) is 0 Å². The molecule has 0 spiro atoms. The first-order valence-electron chi connectivity index (χ1n) is 6.75. The number of nitrogens with one attached hydrogen (secondary N) is 3. The Kier molecular flexibility index (Phi) is 5.47. The number of hydrogen-bond donors (Lipinski definition) is 4. The molecule has 0 radical (unpaired) electrons. The van der Waals surface area contributed by atoms with Crippen molar-refractivity contribution in [3.05, 3.63) is 38.9 Å². The summed E-state index contributed by atoms with van der Waals surface area (Å²) in [5.74, 6) is -0.794. The fraction of sp³-hybridized carbons (Fsp3) is 0.308. The molecular formula is C13H15N3O6S2. The second-order valence-electron chi connectivity index (χ2n) is 4.91. The Morgan fingerprint density at radius 2 is 1.88 bits per heavy atom. The highest BCUT2D eigenvalue weighted by molar-refractivity contribution is 7.98. The zero-order valence-electron chi connectivity index (χ0n) is 12.5. The number of thioether (sulfide) groups is 1. The molecule has 1 heterocycles. The van der Waals surface area contributed by atoms with Gasteiger partial charge in [-0.2, -0.15) is 16.5 Å². The zero-order chi connectivity index (χ0) is 17.9. The van der Waals surface area contributed by atoms with Gasteiger partial charge in [-0.15, -0.1) is 0 Å². The second-order valence-corrected chi connectivity index (χ2v) is 7.61. The summed E-state index contributed by atoms with van der Waals surface area (Å²) in [4.78, 5) is 38.1. The van der Waals surface area contributed by atoms with Crippen molar-refractivity contribution in [1.82, 2.24) is 14.7 Å². The average molecular weight is 373 g/mol. The van der Waals surface area contributed by atoms with Crippen LogP contribution in [0.1, 0.15) is 6.42 Å². The van der Waals surface area contributed by atoms with E-state index in [4.69, 9.17) is 5.11 Å². The molecule has 0 aliphatic heterocycles. The van der Waals surface area contributed by atoms with Crippen molar-refractivity contribution in [3.63, 3.8) is 0 Å². The molecule has 130 valence electrons. The summed E-state index contributed by atoms with van der Waals surface area (Å²) in [6, 6.07) is 2.43. The van der Waals surface area contributed by atoms with Gasteiger partial charge in [-0.05, 0) is 36.6 Å². The van der Waals surface area contributed by atoms with E-state index in [0.29, 0.717) is 5.75 Å². The Labute approximate surface area is 140 Å². The molecule has 1 aromatic heterocycles. The Balaban J connectivity index is 2.39. The number of carboxylic acid groups (broad SMARTS) is 1. The fourth-order valence-corrected chi connectivity index (χ4v) is 3.71. The van der Waals surface area contributed by atoms with Crippen LogP contribution in [0.4, 0.5) is 0 Å². The van der Waals surface area contributed by atoms with Crippen LogP contribution in [-0.2, 0) is 14.8 Å². The number of hydrogen-bond acceptors (Lipinski definition) is 6. The molecule has 2 rings (SSSR count). The van der Waals surface area contributed by atoms with E-state index in [0.717, 1.165) is 6.07 Å². The van der Waals surface area contributed by atoms with Gasteiger partial charge in [0.05, 0.1) is 15.9 Å². The van der Waals surface area contributed by atoms with Crippen molar-refractivity contribution < 1.29 is 18.3 Å². The third-order valence-corrected chi connectivity index (χ3v) is 5.32. The van der Waals surface area contributed by atoms with Gasteiger partial charge in [0.2, 0.25) is 10.0 Å². The summed E-state index contributed by atoms with van der Waals surface area (Å²) in [6.45, 7) is 0. The van der Waals surface area contributed by atoms with Crippen molar-refractivity contribution in [2.75, 3.05) is 12.0 Å². The first-order valence-corrected chi connectivity index (χ1v) is 9.63. The molecule has 1 atom stereocenters. The summed E-state index contributed by atoms with van der Waals surface area (Å²) in [5.41, 5.74) is -1.37. The highest BCUT2D eigenvalue weighted by Gasteiger charge is 2.25. The maximum Gasteiger partial charge on any atom is 0.321 e. The molecule has 0 bridgehead atoms. The number of H-pyrrole nitrogens is 2. The lowest BCUT2D eigenvalue weighted by atomic mass is 10.2. The van der Waals surface area contributed by atoms with E-state index in [1.165, 1.54) is 23.9 Å². The quantitative estimate of drug-likeness (QED) is 0.487. The molecule has 0 amide bonds. The third-order valence-electron chi connectivity index (χ3n) is 3.21. The third kappa shape index (κ3) is 4.04. The van der Waals surface area contributed by atoms with Gasteiger partial charge in [-0.3, -0.25) is 14.4 Å². The summed E-state index contributed by atoms with van der Waals surface area (Å²) >= 11 is 1.40. The predicted molar refractivity (Wildman–Crippen MR) is 89.9 cm³/mol. The van der Waals surface area contributed by atoms with Gasteiger partial charge < -0.3 is 15.1 Å². The van der Waals surface area contributed by atoms with E-state index in [2.05, 4.69) is 14.7 Å². The van der Waals surface area contributed by atoms with Gasteiger partial charge in [-0.1, -0.05) is 0 Å². The van der Waals surface area contributed by atoms with E-state index in [-0.39, 0.29) is 22.3 Å². The Morgan fingerprint density at radius 3 is 2.46 bits per heavy atom. The van der Waals surface area contributed by atoms with Crippen LogP contribution >= 0.6 is 11.8 Å². The van der Waals surface area contributed by atoms with Gasteiger partial charge in [0.15, 0.2) is 0 Å². The van der Waals surface area contributed by atoms with Crippen LogP contribution < -0.4 is 15.8 Å².